The molecule has 2 N–H and O–H groups in total. The quantitative estimate of drug-likeness (QED) is 0.266. The molecule has 3 aromatic carbocycles. The molecular formula is C22H25N2O8PS2. The topological polar surface area (TPSA) is 139 Å². The molecule has 13 heteroatoms. The van der Waals surface area contributed by atoms with Crippen LogP contribution in [0.15, 0.2) is 88.7 Å². The van der Waals surface area contributed by atoms with Crippen LogP contribution in [0.3, 0.4) is 0 Å². The first kappa shape index (κ1) is 26.7. The van der Waals surface area contributed by atoms with Gasteiger partial charge in [-0.05, 0) is 56.3 Å². The second kappa shape index (κ2) is 10.8. The minimum atomic E-state index is -4.52. The second-order valence-electron chi connectivity index (χ2n) is 6.99. The molecule has 35 heavy (non-hydrogen) atoms. The van der Waals surface area contributed by atoms with Gasteiger partial charge in [-0.1, -0.05) is 36.4 Å². The Morgan fingerprint density at radius 3 is 1.86 bits per heavy atom. The predicted molar refractivity (Wildman–Crippen MR) is 132 cm³/mol. The molecule has 0 saturated carbocycles. The third-order valence-corrected chi connectivity index (χ3v) is 10.6. The minimum Gasteiger partial charge on any atom is -0.506 e. The van der Waals surface area contributed by atoms with Crippen LogP contribution < -0.4 is 8.80 Å². The van der Waals surface area contributed by atoms with E-state index in [0.29, 0.717) is 4.08 Å². The molecule has 0 bridgehead atoms. The van der Waals surface area contributed by atoms with E-state index in [4.69, 9.17) is 9.05 Å². The van der Waals surface area contributed by atoms with Crippen molar-refractivity contribution in [2.75, 3.05) is 22.0 Å². The van der Waals surface area contributed by atoms with Crippen molar-refractivity contribution in [2.24, 2.45) is 0 Å². The molecule has 0 aliphatic heterocycles. The molecule has 0 aromatic heterocycles. The highest BCUT2D eigenvalue weighted by Gasteiger charge is 2.43. The summed E-state index contributed by atoms with van der Waals surface area (Å²) in [7, 11) is -13.1. The Kier molecular flexibility index (Phi) is 8.24. The van der Waals surface area contributed by atoms with E-state index in [1.165, 1.54) is 68.4 Å². The lowest BCUT2D eigenvalue weighted by Gasteiger charge is -2.30. The fraction of sp³-hybridized carbons (Fsp3) is 0.182. The number of hydrogen-bond acceptors (Lipinski definition) is 8. The molecule has 0 saturated heterocycles. The average Bonchev–Trinajstić information content (AvgIpc) is 2.82. The van der Waals surface area contributed by atoms with Gasteiger partial charge in [-0.3, -0.25) is 13.8 Å². The van der Waals surface area contributed by atoms with E-state index in [1.807, 2.05) is 0 Å². The normalized spacial score (nSPS) is 12.3. The summed E-state index contributed by atoms with van der Waals surface area (Å²) in [5.41, 5.74) is -0.582. The zero-order chi connectivity index (χ0) is 25.7. The van der Waals surface area contributed by atoms with Crippen molar-refractivity contribution in [2.45, 2.75) is 23.6 Å². The summed E-state index contributed by atoms with van der Waals surface area (Å²) in [6, 6.07) is 17.9. The number of nitrogens with zero attached hydrogens (tertiary/aromatic N) is 1. The Labute approximate surface area is 204 Å². The lowest BCUT2D eigenvalue weighted by Crippen LogP contribution is -2.30. The van der Waals surface area contributed by atoms with Gasteiger partial charge in [0.1, 0.15) is 5.75 Å². The SMILES string of the molecule is CCOP(=O)(OCC)N(c1ccc(O)c(NS(=O)(=O)c2ccccc2)c1)S(=O)(=O)c1ccccc1. The summed E-state index contributed by atoms with van der Waals surface area (Å²) < 4.78 is 79.9. The summed E-state index contributed by atoms with van der Waals surface area (Å²) in [4.78, 5) is -0.271. The molecule has 188 valence electrons. The molecule has 3 rings (SSSR count). The van der Waals surface area contributed by atoms with Crippen LogP contribution in [0.5, 0.6) is 5.75 Å². The Balaban J connectivity index is 2.18. The van der Waals surface area contributed by atoms with Crippen molar-refractivity contribution in [1.82, 2.24) is 0 Å². The van der Waals surface area contributed by atoms with Crippen LogP contribution in [-0.2, 0) is 33.7 Å². The van der Waals surface area contributed by atoms with Crippen molar-refractivity contribution in [3.05, 3.63) is 78.9 Å². The van der Waals surface area contributed by atoms with Crippen molar-refractivity contribution in [1.29, 1.82) is 0 Å². The van der Waals surface area contributed by atoms with E-state index in [-0.39, 0.29) is 34.4 Å². The van der Waals surface area contributed by atoms with E-state index in [2.05, 4.69) is 4.72 Å². The third-order valence-electron chi connectivity index (χ3n) is 4.57. The standard InChI is InChI=1S/C22H25N2O8PS2/c1-3-31-33(26,32-4-2)24(35(29,30)20-13-9-6-10-14-20)18-15-16-22(25)21(17-18)23-34(27,28)19-11-7-5-8-12-19/h5-17,23,25H,3-4H2,1-2H3. The highest BCUT2D eigenvalue weighted by molar-refractivity contribution is 7.99. The number of benzene rings is 3. The van der Waals surface area contributed by atoms with Gasteiger partial charge < -0.3 is 5.11 Å². The van der Waals surface area contributed by atoms with Gasteiger partial charge >= 0.3 is 7.75 Å². The van der Waals surface area contributed by atoms with Crippen molar-refractivity contribution in [3.8, 4) is 5.75 Å². The number of phenolic OH excluding ortho intramolecular Hbond substituents is 1. The van der Waals surface area contributed by atoms with E-state index in [9.17, 15) is 26.5 Å². The zero-order valence-corrected chi connectivity index (χ0v) is 21.5. The fourth-order valence-electron chi connectivity index (χ4n) is 3.10. The largest absolute Gasteiger partial charge is 0.506 e. The van der Waals surface area contributed by atoms with E-state index < -0.39 is 33.5 Å². The minimum absolute atomic E-state index is 0.0760. The molecule has 0 radical (unpaired) electrons. The molecule has 0 aliphatic rings. The van der Waals surface area contributed by atoms with Gasteiger partial charge in [-0.2, -0.15) is 4.08 Å². The number of nitrogens with one attached hydrogen (secondary N) is 1. The first-order valence-corrected chi connectivity index (χ1v) is 14.9. The Morgan fingerprint density at radius 1 is 0.829 bits per heavy atom. The second-order valence-corrected chi connectivity index (χ2v) is 12.6. The number of anilines is 2. The number of rotatable bonds is 11. The zero-order valence-electron chi connectivity index (χ0n) is 18.9. The van der Waals surface area contributed by atoms with Crippen LogP contribution in [0.4, 0.5) is 11.4 Å². The maximum absolute atomic E-state index is 13.7. The van der Waals surface area contributed by atoms with Crippen LogP contribution in [-0.4, -0.2) is 35.2 Å². The smallest absolute Gasteiger partial charge is 0.449 e. The van der Waals surface area contributed by atoms with Gasteiger partial charge in [-0.25, -0.2) is 21.4 Å². The number of phenols is 1. The highest BCUT2D eigenvalue weighted by atomic mass is 32.2. The van der Waals surface area contributed by atoms with Gasteiger partial charge in [0.05, 0.1) is 34.4 Å². The molecule has 0 fully saturated rings. The number of aromatic hydroxyl groups is 1. The van der Waals surface area contributed by atoms with Gasteiger partial charge in [0, 0.05) is 0 Å². The molecular weight excluding hydrogens is 515 g/mol. The maximum Gasteiger partial charge on any atom is 0.449 e. The summed E-state index contributed by atoms with van der Waals surface area (Å²) in [6.45, 7) is 2.78. The summed E-state index contributed by atoms with van der Waals surface area (Å²) in [5.74, 6) is -0.479. The molecule has 0 unspecified atom stereocenters. The van der Waals surface area contributed by atoms with Crippen LogP contribution >= 0.6 is 7.75 Å². The Hall–Kier alpha value is -2.89. The van der Waals surface area contributed by atoms with Crippen LogP contribution in [0.1, 0.15) is 13.8 Å². The van der Waals surface area contributed by atoms with Gasteiger partial charge in [0.15, 0.2) is 0 Å². The highest BCUT2D eigenvalue weighted by Crippen LogP contribution is 2.57. The van der Waals surface area contributed by atoms with Crippen molar-refractivity contribution in [3.63, 3.8) is 0 Å². The molecule has 3 aromatic rings. The first-order chi connectivity index (χ1) is 16.5. The van der Waals surface area contributed by atoms with Crippen molar-refractivity contribution >= 4 is 39.2 Å². The lowest BCUT2D eigenvalue weighted by molar-refractivity contribution is 0.221. The summed E-state index contributed by atoms with van der Waals surface area (Å²) >= 11 is 0. The third kappa shape index (κ3) is 5.85. The first-order valence-electron chi connectivity index (χ1n) is 10.5. The summed E-state index contributed by atoms with van der Waals surface area (Å²) in [5, 5.41) is 10.3. The molecule has 0 heterocycles. The number of sulfonamides is 2. The molecule has 0 amide bonds. The van der Waals surface area contributed by atoms with Gasteiger partial charge in [-0.15, -0.1) is 0 Å². The van der Waals surface area contributed by atoms with Crippen LogP contribution in [0, 0.1) is 0 Å². The van der Waals surface area contributed by atoms with Crippen LogP contribution in [0.25, 0.3) is 0 Å². The van der Waals surface area contributed by atoms with Crippen molar-refractivity contribution < 1.29 is 35.6 Å². The fourth-order valence-corrected chi connectivity index (χ4v) is 8.24. The van der Waals surface area contributed by atoms with Crippen LogP contribution in [0.2, 0.25) is 0 Å². The monoisotopic (exact) mass is 540 g/mol. The Morgan fingerprint density at radius 2 is 1.34 bits per heavy atom. The predicted octanol–water partition coefficient (Wildman–Crippen LogP) is 4.57. The van der Waals surface area contributed by atoms with Gasteiger partial charge in [0.2, 0.25) is 0 Å². The van der Waals surface area contributed by atoms with E-state index >= 15 is 0 Å². The number of hydrogen-bond donors (Lipinski definition) is 2. The average molecular weight is 541 g/mol. The molecule has 0 aliphatic carbocycles. The lowest BCUT2D eigenvalue weighted by atomic mass is 10.3. The summed E-state index contributed by atoms with van der Waals surface area (Å²) in [6.07, 6.45) is 0. The Bertz CT molecular complexity index is 1410. The van der Waals surface area contributed by atoms with Gasteiger partial charge in [0.25, 0.3) is 20.0 Å². The van der Waals surface area contributed by atoms with E-state index in [0.717, 1.165) is 12.1 Å². The maximum atomic E-state index is 13.7. The molecule has 0 spiro atoms. The molecule has 0 atom stereocenters. The molecule has 10 nitrogen and oxygen atoms in total. The van der Waals surface area contributed by atoms with E-state index in [1.54, 1.807) is 12.1 Å².